The monoisotopic (exact) mass is 271 g/mol. The summed E-state index contributed by atoms with van der Waals surface area (Å²) in [7, 11) is -1.88. The van der Waals surface area contributed by atoms with Crippen molar-refractivity contribution in [3.05, 3.63) is 29.8 Å². The Hall–Kier alpha value is -1.45. The number of benzene rings is 1. The van der Waals surface area contributed by atoms with E-state index in [0.717, 1.165) is 0 Å². The van der Waals surface area contributed by atoms with Crippen LogP contribution in [0, 0.1) is 11.3 Å². The minimum atomic E-state index is -2.88. The van der Waals surface area contributed by atoms with Gasteiger partial charge in [0.25, 0.3) is 0 Å². The fourth-order valence-corrected chi connectivity index (χ4v) is 2.27. The molecule has 1 aromatic rings. The molecule has 0 spiro atoms. The van der Waals surface area contributed by atoms with Gasteiger partial charge in [0.2, 0.25) is 0 Å². The summed E-state index contributed by atoms with van der Waals surface area (Å²) in [6, 6.07) is 8.06. The Kier molecular flexibility index (Phi) is 4.82. The van der Waals surface area contributed by atoms with Crippen molar-refractivity contribution in [1.29, 1.82) is 5.26 Å². The second kappa shape index (κ2) is 5.93. The van der Waals surface area contributed by atoms with Gasteiger partial charge in [0.05, 0.1) is 6.07 Å². The van der Waals surface area contributed by atoms with Gasteiger partial charge in [-0.15, -0.1) is 0 Å². The van der Waals surface area contributed by atoms with E-state index >= 15 is 0 Å². The van der Waals surface area contributed by atoms with Crippen LogP contribution in [0.2, 0.25) is 19.6 Å². The molecule has 1 unspecified atom stereocenters. The number of nitrogens with zero attached hydrogens (tertiary/aromatic N) is 1. The molecule has 0 aliphatic carbocycles. The maximum Gasteiger partial charge on any atom is 0.387 e. The zero-order chi connectivity index (χ0) is 13.8. The fourth-order valence-electron chi connectivity index (χ4n) is 1.38. The van der Waals surface area contributed by atoms with Crippen molar-refractivity contribution >= 4 is 8.32 Å². The van der Waals surface area contributed by atoms with E-state index < -0.39 is 21.0 Å². The molecule has 1 atom stereocenters. The molecule has 0 amide bonds. The van der Waals surface area contributed by atoms with Gasteiger partial charge >= 0.3 is 6.61 Å². The molecule has 0 radical (unpaired) electrons. The number of nitriles is 1. The molecule has 0 aliphatic heterocycles. The maximum atomic E-state index is 12.1. The highest BCUT2D eigenvalue weighted by atomic mass is 28.4. The minimum absolute atomic E-state index is 0.0296. The predicted molar refractivity (Wildman–Crippen MR) is 65.9 cm³/mol. The average Bonchev–Trinajstić information content (AvgIpc) is 2.24. The third kappa shape index (κ3) is 4.81. The smallest absolute Gasteiger partial charge is 0.387 e. The summed E-state index contributed by atoms with van der Waals surface area (Å²) in [5, 5.41) is 9.07. The van der Waals surface area contributed by atoms with E-state index in [1.54, 1.807) is 12.1 Å². The van der Waals surface area contributed by atoms with Crippen LogP contribution < -0.4 is 4.74 Å². The second-order valence-electron chi connectivity index (χ2n) is 4.69. The molecule has 98 valence electrons. The number of hydrogen-bond acceptors (Lipinski definition) is 3. The Morgan fingerprint density at radius 1 is 1.28 bits per heavy atom. The topological polar surface area (TPSA) is 42.2 Å². The molecule has 0 saturated carbocycles. The maximum absolute atomic E-state index is 12.1. The SMILES string of the molecule is C[Si](C)(C)OC(C#N)c1cccc(OC(F)F)c1. The molecular weight excluding hydrogens is 256 g/mol. The largest absolute Gasteiger partial charge is 0.435 e. The third-order valence-corrected chi connectivity index (χ3v) is 2.92. The van der Waals surface area contributed by atoms with E-state index in [1.807, 2.05) is 25.7 Å². The van der Waals surface area contributed by atoms with Gasteiger partial charge in [0, 0.05) is 0 Å². The van der Waals surface area contributed by atoms with Gasteiger partial charge in [-0.3, -0.25) is 0 Å². The first-order chi connectivity index (χ1) is 8.31. The lowest BCUT2D eigenvalue weighted by Gasteiger charge is -2.22. The van der Waals surface area contributed by atoms with Crippen LogP contribution in [0.1, 0.15) is 11.7 Å². The Labute approximate surface area is 106 Å². The summed E-state index contributed by atoms with van der Waals surface area (Å²) in [6.07, 6.45) is -0.752. The van der Waals surface area contributed by atoms with E-state index in [0.29, 0.717) is 5.56 Å². The summed E-state index contributed by atoms with van der Waals surface area (Å²) in [5.74, 6) is 0.0296. The number of hydrogen-bond donors (Lipinski definition) is 0. The van der Waals surface area contributed by atoms with E-state index in [9.17, 15) is 8.78 Å². The first kappa shape index (κ1) is 14.6. The zero-order valence-electron chi connectivity index (χ0n) is 10.5. The van der Waals surface area contributed by atoms with Crippen molar-refractivity contribution in [1.82, 2.24) is 0 Å². The van der Waals surface area contributed by atoms with Gasteiger partial charge in [-0.25, -0.2) is 0 Å². The second-order valence-corrected chi connectivity index (χ2v) is 9.15. The first-order valence-corrected chi connectivity index (χ1v) is 8.85. The number of halogens is 2. The number of alkyl halides is 2. The zero-order valence-corrected chi connectivity index (χ0v) is 11.5. The van der Waals surface area contributed by atoms with Crippen LogP contribution in [-0.2, 0) is 4.43 Å². The van der Waals surface area contributed by atoms with Gasteiger partial charge in [-0.1, -0.05) is 12.1 Å². The normalized spacial score (nSPS) is 13.2. The molecule has 0 bridgehead atoms. The van der Waals surface area contributed by atoms with E-state index in [-0.39, 0.29) is 5.75 Å². The predicted octanol–water partition coefficient (Wildman–Crippen LogP) is 3.70. The summed E-state index contributed by atoms with van der Waals surface area (Å²) >= 11 is 0. The molecule has 0 aromatic heterocycles. The van der Waals surface area contributed by atoms with Gasteiger partial charge < -0.3 is 9.16 Å². The Morgan fingerprint density at radius 2 is 1.94 bits per heavy atom. The quantitative estimate of drug-likeness (QED) is 0.767. The van der Waals surface area contributed by atoms with Crippen LogP contribution in [0.4, 0.5) is 8.78 Å². The van der Waals surface area contributed by atoms with Gasteiger partial charge in [-0.05, 0) is 37.3 Å². The van der Waals surface area contributed by atoms with Gasteiger partial charge in [-0.2, -0.15) is 14.0 Å². The Bertz CT molecular complexity index is 440. The number of rotatable bonds is 5. The highest BCUT2D eigenvalue weighted by Gasteiger charge is 2.22. The molecule has 18 heavy (non-hydrogen) atoms. The van der Waals surface area contributed by atoms with Crippen molar-refractivity contribution in [2.75, 3.05) is 0 Å². The van der Waals surface area contributed by atoms with E-state index in [1.165, 1.54) is 12.1 Å². The van der Waals surface area contributed by atoms with Gasteiger partial charge in [0.1, 0.15) is 5.75 Å². The molecule has 0 fully saturated rings. The summed E-state index contributed by atoms with van der Waals surface area (Å²) in [6.45, 7) is 2.99. The molecule has 0 saturated heterocycles. The molecule has 0 heterocycles. The third-order valence-electron chi connectivity index (χ3n) is 1.97. The molecule has 0 aliphatic rings. The summed E-state index contributed by atoms with van der Waals surface area (Å²) < 4.78 is 34.1. The van der Waals surface area contributed by atoms with Crippen molar-refractivity contribution < 1.29 is 17.9 Å². The van der Waals surface area contributed by atoms with Crippen LogP contribution in [0.5, 0.6) is 5.75 Å². The molecule has 1 aromatic carbocycles. The van der Waals surface area contributed by atoms with E-state index in [2.05, 4.69) is 4.74 Å². The van der Waals surface area contributed by atoms with Crippen molar-refractivity contribution in [2.45, 2.75) is 32.4 Å². The van der Waals surface area contributed by atoms with Crippen molar-refractivity contribution in [2.24, 2.45) is 0 Å². The van der Waals surface area contributed by atoms with Gasteiger partial charge in [0.15, 0.2) is 14.4 Å². The number of ether oxygens (including phenoxy) is 1. The van der Waals surface area contributed by atoms with Crippen LogP contribution >= 0.6 is 0 Å². The Morgan fingerprint density at radius 3 is 2.44 bits per heavy atom. The van der Waals surface area contributed by atoms with Crippen LogP contribution in [0.25, 0.3) is 0 Å². The first-order valence-electron chi connectivity index (χ1n) is 5.44. The summed E-state index contributed by atoms with van der Waals surface area (Å²) in [5.41, 5.74) is 0.526. The van der Waals surface area contributed by atoms with Crippen molar-refractivity contribution in [3.63, 3.8) is 0 Å². The average molecular weight is 271 g/mol. The van der Waals surface area contributed by atoms with Crippen LogP contribution in [0.15, 0.2) is 24.3 Å². The highest BCUT2D eigenvalue weighted by Crippen LogP contribution is 2.25. The van der Waals surface area contributed by atoms with Crippen LogP contribution in [-0.4, -0.2) is 14.9 Å². The standard InChI is InChI=1S/C12H15F2NO2Si/c1-18(2,3)17-11(8-15)9-5-4-6-10(7-9)16-12(13)14/h4-7,11-12H,1-3H3. The summed E-state index contributed by atoms with van der Waals surface area (Å²) in [4.78, 5) is 0. The fraction of sp³-hybridized carbons (Fsp3) is 0.417. The molecule has 1 rings (SSSR count). The van der Waals surface area contributed by atoms with Crippen molar-refractivity contribution in [3.8, 4) is 11.8 Å². The molecular formula is C12H15F2NO2Si. The molecule has 0 N–H and O–H groups in total. The minimum Gasteiger partial charge on any atom is -0.435 e. The lowest BCUT2D eigenvalue weighted by Crippen LogP contribution is -2.27. The Balaban J connectivity index is 2.90. The molecule has 3 nitrogen and oxygen atoms in total. The highest BCUT2D eigenvalue weighted by molar-refractivity contribution is 6.69. The lowest BCUT2D eigenvalue weighted by molar-refractivity contribution is -0.0499. The molecule has 6 heteroatoms. The van der Waals surface area contributed by atoms with E-state index in [4.69, 9.17) is 9.69 Å². The lowest BCUT2D eigenvalue weighted by atomic mass is 10.1. The van der Waals surface area contributed by atoms with Crippen LogP contribution in [0.3, 0.4) is 0 Å².